The smallest absolute Gasteiger partial charge is 0.270 e. The molecular weight excluding hydrogens is 452 g/mol. The van der Waals surface area contributed by atoms with E-state index in [-0.39, 0.29) is 22.0 Å². The molecule has 1 aliphatic heterocycles. The van der Waals surface area contributed by atoms with Gasteiger partial charge in [-0.1, -0.05) is 43.7 Å². The summed E-state index contributed by atoms with van der Waals surface area (Å²) in [6.07, 6.45) is 4.46. The van der Waals surface area contributed by atoms with Crippen molar-refractivity contribution in [3.8, 4) is 11.3 Å². The minimum atomic E-state index is -1.30. The molecule has 0 spiro atoms. The van der Waals surface area contributed by atoms with Gasteiger partial charge < -0.3 is 14.3 Å². The Bertz CT molecular complexity index is 1310. The molecule has 34 heavy (non-hydrogen) atoms. The van der Waals surface area contributed by atoms with Gasteiger partial charge in [-0.3, -0.25) is 19.8 Å². The number of carbonyl (C=O) groups is 3. The zero-order valence-corrected chi connectivity index (χ0v) is 19.2. The summed E-state index contributed by atoms with van der Waals surface area (Å²) in [6.45, 7) is 2.13. The fourth-order valence-electron chi connectivity index (χ4n) is 3.61. The second-order valence-electron chi connectivity index (χ2n) is 7.80. The maximum absolute atomic E-state index is 13.2. The van der Waals surface area contributed by atoms with Crippen LogP contribution in [-0.4, -0.2) is 22.9 Å². The number of hydrogen-bond donors (Lipinski definition) is 1. The van der Waals surface area contributed by atoms with Crippen molar-refractivity contribution < 1.29 is 23.9 Å². The van der Waals surface area contributed by atoms with Crippen molar-refractivity contribution in [3.63, 3.8) is 0 Å². The molecule has 2 heterocycles. The monoisotopic (exact) mass is 473 g/mol. The van der Waals surface area contributed by atoms with Crippen molar-refractivity contribution in [2.24, 2.45) is 0 Å². The van der Waals surface area contributed by atoms with Gasteiger partial charge in [0.2, 0.25) is 0 Å². The number of nitrogens with zero attached hydrogens (tertiary/aromatic N) is 1. The number of anilines is 1. The third kappa shape index (κ3) is 4.82. The van der Waals surface area contributed by atoms with E-state index in [1.54, 1.807) is 36.4 Å². The van der Waals surface area contributed by atoms with E-state index < -0.39 is 17.8 Å². The normalized spacial score (nSPS) is 15.0. The van der Waals surface area contributed by atoms with E-state index in [4.69, 9.17) is 16.6 Å². The highest BCUT2D eigenvalue weighted by molar-refractivity contribution is 7.80. The highest BCUT2D eigenvalue weighted by atomic mass is 32.1. The molecule has 2 amide bonds. The SMILES string of the molecule is CCCCc1ccc(N2C(=O)/C(=C/c3ccc(-c4cccc(C(=O)[O-])c4)o3)C(=O)NC2=S)cc1. The van der Waals surface area contributed by atoms with Crippen LogP contribution in [0.1, 0.15) is 41.4 Å². The molecule has 172 valence electrons. The second-order valence-corrected chi connectivity index (χ2v) is 8.18. The predicted octanol–water partition coefficient (Wildman–Crippen LogP) is 3.48. The van der Waals surface area contributed by atoms with Gasteiger partial charge in [0.1, 0.15) is 17.1 Å². The minimum Gasteiger partial charge on any atom is -0.545 e. The van der Waals surface area contributed by atoms with Gasteiger partial charge in [0, 0.05) is 5.56 Å². The van der Waals surface area contributed by atoms with E-state index in [0.29, 0.717) is 17.0 Å². The molecular formula is C26H21N2O5S-. The van der Waals surface area contributed by atoms with E-state index in [1.807, 2.05) is 12.1 Å². The lowest BCUT2D eigenvalue weighted by molar-refractivity contribution is -0.255. The Morgan fingerprint density at radius 1 is 1.12 bits per heavy atom. The largest absolute Gasteiger partial charge is 0.545 e. The van der Waals surface area contributed by atoms with Crippen LogP contribution in [0.5, 0.6) is 0 Å². The highest BCUT2D eigenvalue weighted by Crippen LogP contribution is 2.26. The average molecular weight is 474 g/mol. The van der Waals surface area contributed by atoms with E-state index in [1.165, 1.54) is 23.1 Å². The van der Waals surface area contributed by atoms with Crippen LogP contribution in [0.3, 0.4) is 0 Å². The zero-order valence-electron chi connectivity index (χ0n) is 18.4. The van der Waals surface area contributed by atoms with Gasteiger partial charge in [-0.2, -0.15) is 0 Å². The number of carbonyl (C=O) groups excluding carboxylic acids is 3. The van der Waals surface area contributed by atoms with Crippen molar-refractivity contribution in [1.29, 1.82) is 0 Å². The molecule has 1 fully saturated rings. The van der Waals surface area contributed by atoms with E-state index in [2.05, 4.69) is 12.2 Å². The molecule has 1 aromatic heterocycles. The van der Waals surface area contributed by atoms with Crippen molar-refractivity contribution in [2.45, 2.75) is 26.2 Å². The van der Waals surface area contributed by atoms with Crippen LogP contribution in [0.2, 0.25) is 0 Å². The molecule has 1 saturated heterocycles. The summed E-state index contributed by atoms with van der Waals surface area (Å²) in [5.74, 6) is -1.84. The van der Waals surface area contributed by atoms with Crippen molar-refractivity contribution in [1.82, 2.24) is 5.32 Å². The summed E-state index contributed by atoms with van der Waals surface area (Å²) in [5.41, 5.74) is 2.12. The van der Waals surface area contributed by atoms with Crippen LogP contribution in [-0.2, 0) is 16.0 Å². The van der Waals surface area contributed by atoms with E-state index in [0.717, 1.165) is 24.8 Å². The van der Waals surface area contributed by atoms with Gasteiger partial charge in [0.05, 0.1) is 11.7 Å². The summed E-state index contributed by atoms with van der Waals surface area (Å²) < 4.78 is 5.75. The lowest BCUT2D eigenvalue weighted by atomic mass is 10.1. The molecule has 0 bridgehead atoms. The first-order valence-corrected chi connectivity index (χ1v) is 11.2. The molecule has 0 unspecified atom stereocenters. The maximum atomic E-state index is 13.2. The third-order valence-corrected chi connectivity index (χ3v) is 5.70. The van der Waals surface area contributed by atoms with Gasteiger partial charge in [0.15, 0.2) is 5.11 Å². The van der Waals surface area contributed by atoms with Crippen molar-refractivity contribution in [3.05, 3.63) is 83.1 Å². The lowest BCUT2D eigenvalue weighted by Gasteiger charge is -2.28. The van der Waals surface area contributed by atoms with Crippen LogP contribution < -0.4 is 15.3 Å². The number of amides is 2. The number of carboxylic acid groups (broad SMARTS) is 1. The van der Waals surface area contributed by atoms with Crippen molar-refractivity contribution in [2.75, 3.05) is 4.90 Å². The molecule has 0 atom stereocenters. The molecule has 4 rings (SSSR count). The topological polar surface area (TPSA) is 103 Å². The third-order valence-electron chi connectivity index (χ3n) is 5.41. The number of unbranched alkanes of at least 4 members (excludes halogenated alkanes) is 1. The Morgan fingerprint density at radius 2 is 1.88 bits per heavy atom. The van der Waals surface area contributed by atoms with Gasteiger partial charge >= 0.3 is 0 Å². The zero-order chi connectivity index (χ0) is 24.2. The van der Waals surface area contributed by atoms with Crippen LogP contribution in [0.4, 0.5) is 5.69 Å². The van der Waals surface area contributed by atoms with Gasteiger partial charge in [0.25, 0.3) is 11.8 Å². The molecule has 8 heteroatoms. The fraction of sp³-hybridized carbons (Fsp3) is 0.154. The van der Waals surface area contributed by atoms with Crippen LogP contribution in [0, 0.1) is 0 Å². The number of hydrogen-bond acceptors (Lipinski definition) is 6. The Labute approximate surface area is 201 Å². The molecule has 7 nitrogen and oxygen atoms in total. The van der Waals surface area contributed by atoms with E-state index >= 15 is 0 Å². The maximum Gasteiger partial charge on any atom is 0.270 e. The quantitative estimate of drug-likeness (QED) is 0.320. The molecule has 1 aliphatic rings. The summed E-state index contributed by atoms with van der Waals surface area (Å²) in [6, 6.07) is 16.8. The number of benzene rings is 2. The summed E-state index contributed by atoms with van der Waals surface area (Å²) in [4.78, 5) is 38.1. The van der Waals surface area contributed by atoms with Crippen LogP contribution >= 0.6 is 12.2 Å². The fourth-order valence-corrected chi connectivity index (χ4v) is 3.89. The molecule has 0 saturated carbocycles. The Hall–Kier alpha value is -4.04. The van der Waals surface area contributed by atoms with Crippen molar-refractivity contribution >= 4 is 46.9 Å². The number of furan rings is 1. The number of rotatable bonds is 7. The lowest BCUT2D eigenvalue weighted by Crippen LogP contribution is -2.54. The van der Waals surface area contributed by atoms with Gasteiger partial charge in [-0.25, -0.2) is 0 Å². The Kier molecular flexibility index (Phi) is 6.70. The average Bonchev–Trinajstić information content (AvgIpc) is 3.30. The first kappa shape index (κ1) is 23.1. The highest BCUT2D eigenvalue weighted by Gasteiger charge is 2.34. The van der Waals surface area contributed by atoms with Gasteiger partial charge in [-0.15, -0.1) is 0 Å². The standard InChI is InChI=1S/C26H22N2O5S/c1-2-3-5-16-8-10-19(11-9-16)28-24(30)21(23(29)27-26(28)34)15-20-12-13-22(33-20)17-6-4-7-18(14-17)25(31)32/h4,6-15H,2-3,5H2,1H3,(H,31,32)(H,27,29,34)/p-1/b21-15+. The minimum absolute atomic E-state index is 0.00712. The Morgan fingerprint density at radius 3 is 2.59 bits per heavy atom. The van der Waals surface area contributed by atoms with Gasteiger partial charge in [-0.05, 0) is 72.6 Å². The van der Waals surface area contributed by atoms with Crippen LogP contribution in [0.15, 0.2) is 70.7 Å². The molecule has 3 aromatic rings. The number of carboxylic acids is 1. The predicted molar refractivity (Wildman–Crippen MR) is 130 cm³/mol. The second kappa shape index (κ2) is 9.84. The van der Waals surface area contributed by atoms with E-state index in [9.17, 15) is 19.5 Å². The summed E-state index contributed by atoms with van der Waals surface area (Å²) >= 11 is 5.25. The number of aromatic carboxylic acids is 1. The molecule has 0 aliphatic carbocycles. The molecule has 0 radical (unpaired) electrons. The van der Waals surface area contributed by atoms with Crippen LogP contribution in [0.25, 0.3) is 17.4 Å². The first-order chi connectivity index (χ1) is 16.4. The summed E-state index contributed by atoms with van der Waals surface area (Å²) in [5, 5.41) is 13.7. The Balaban J connectivity index is 1.60. The molecule has 2 aromatic carbocycles. The molecule has 1 N–H and O–H groups in total. The first-order valence-electron chi connectivity index (χ1n) is 10.8. The number of thiocarbonyl (C=S) groups is 1. The number of nitrogens with one attached hydrogen (secondary N) is 1. The number of aryl methyl sites for hydroxylation is 1. The summed E-state index contributed by atoms with van der Waals surface area (Å²) in [7, 11) is 0.